The number of nitrogens with one attached hydrogen (secondary N) is 4. The van der Waals surface area contributed by atoms with Crippen molar-refractivity contribution in [2.45, 2.75) is 20.4 Å². The Morgan fingerprint density at radius 3 is 2.22 bits per heavy atom. The van der Waals surface area contributed by atoms with Crippen molar-refractivity contribution in [3.8, 4) is 0 Å². The maximum absolute atomic E-state index is 12.0. The Bertz CT molecular complexity index is 806. The average molecular weight is 368 g/mol. The van der Waals surface area contributed by atoms with Gasteiger partial charge in [-0.05, 0) is 36.6 Å². The second-order valence-corrected chi connectivity index (χ2v) is 6.09. The molecule has 0 spiro atoms. The number of benzene rings is 2. The zero-order chi connectivity index (χ0) is 19.6. The van der Waals surface area contributed by atoms with Crippen molar-refractivity contribution in [1.29, 1.82) is 0 Å². The normalized spacial score (nSPS) is 10.0. The van der Waals surface area contributed by atoms with Gasteiger partial charge < -0.3 is 21.3 Å². The van der Waals surface area contributed by atoms with Crippen LogP contribution < -0.4 is 21.3 Å². The molecular formula is C20H24N4O3. The van der Waals surface area contributed by atoms with Crippen molar-refractivity contribution in [1.82, 2.24) is 16.0 Å². The van der Waals surface area contributed by atoms with Gasteiger partial charge in [-0.25, -0.2) is 4.79 Å². The first-order valence-electron chi connectivity index (χ1n) is 8.64. The predicted molar refractivity (Wildman–Crippen MR) is 104 cm³/mol. The Labute approximate surface area is 158 Å². The summed E-state index contributed by atoms with van der Waals surface area (Å²) in [6.45, 7) is 3.87. The molecule has 7 nitrogen and oxygen atoms in total. The van der Waals surface area contributed by atoms with Gasteiger partial charge in [0.05, 0.1) is 13.1 Å². The van der Waals surface area contributed by atoms with Crippen LogP contribution in [0.1, 0.15) is 16.7 Å². The van der Waals surface area contributed by atoms with E-state index in [-0.39, 0.29) is 19.0 Å². The first-order valence-corrected chi connectivity index (χ1v) is 8.64. The van der Waals surface area contributed by atoms with Crippen LogP contribution in [0.25, 0.3) is 0 Å². The molecular weight excluding hydrogens is 344 g/mol. The SMILES string of the molecule is Cc1cccc(NC(=O)CNC(=O)CNC(=O)NCc2ccccc2)c1C. The molecule has 4 amide bonds. The van der Waals surface area contributed by atoms with Crippen molar-refractivity contribution >= 4 is 23.5 Å². The lowest BCUT2D eigenvalue weighted by molar-refractivity contribution is -0.123. The minimum Gasteiger partial charge on any atom is -0.345 e. The van der Waals surface area contributed by atoms with E-state index in [0.29, 0.717) is 12.2 Å². The van der Waals surface area contributed by atoms with Gasteiger partial charge in [-0.2, -0.15) is 0 Å². The van der Waals surface area contributed by atoms with E-state index in [1.807, 2.05) is 56.3 Å². The molecule has 0 fully saturated rings. The van der Waals surface area contributed by atoms with Crippen molar-refractivity contribution in [3.05, 3.63) is 65.2 Å². The topological polar surface area (TPSA) is 99.3 Å². The lowest BCUT2D eigenvalue weighted by Gasteiger charge is -2.11. The fraction of sp³-hybridized carbons (Fsp3) is 0.250. The van der Waals surface area contributed by atoms with Gasteiger partial charge in [-0.1, -0.05) is 42.5 Å². The highest BCUT2D eigenvalue weighted by Gasteiger charge is 2.09. The standard InChI is InChI=1S/C20H24N4O3/c1-14-7-6-10-17(15(14)2)24-19(26)13-21-18(25)12-23-20(27)22-11-16-8-4-3-5-9-16/h3-10H,11-13H2,1-2H3,(H,21,25)(H,24,26)(H2,22,23,27). The lowest BCUT2D eigenvalue weighted by atomic mass is 10.1. The number of aryl methyl sites for hydroxylation is 1. The van der Waals surface area contributed by atoms with Gasteiger partial charge in [-0.15, -0.1) is 0 Å². The Morgan fingerprint density at radius 1 is 0.778 bits per heavy atom. The van der Waals surface area contributed by atoms with E-state index >= 15 is 0 Å². The fourth-order valence-electron chi connectivity index (χ4n) is 2.32. The average Bonchev–Trinajstić information content (AvgIpc) is 2.67. The maximum Gasteiger partial charge on any atom is 0.315 e. The summed E-state index contributed by atoms with van der Waals surface area (Å²) in [4.78, 5) is 35.4. The molecule has 0 radical (unpaired) electrons. The van der Waals surface area contributed by atoms with E-state index < -0.39 is 11.9 Å². The van der Waals surface area contributed by atoms with E-state index in [2.05, 4.69) is 21.3 Å². The maximum atomic E-state index is 12.0. The molecule has 142 valence electrons. The van der Waals surface area contributed by atoms with Crippen molar-refractivity contribution in [3.63, 3.8) is 0 Å². The highest BCUT2D eigenvalue weighted by atomic mass is 16.2. The summed E-state index contributed by atoms with van der Waals surface area (Å²) in [7, 11) is 0. The summed E-state index contributed by atoms with van der Waals surface area (Å²) in [6.07, 6.45) is 0. The summed E-state index contributed by atoms with van der Waals surface area (Å²) in [5.41, 5.74) is 3.73. The molecule has 0 aliphatic carbocycles. The van der Waals surface area contributed by atoms with E-state index in [0.717, 1.165) is 16.7 Å². The number of hydrogen-bond acceptors (Lipinski definition) is 3. The first kappa shape index (κ1) is 20.0. The second kappa shape index (κ2) is 9.96. The van der Waals surface area contributed by atoms with Gasteiger partial charge >= 0.3 is 6.03 Å². The van der Waals surface area contributed by atoms with Crippen LogP contribution in [0.5, 0.6) is 0 Å². The van der Waals surface area contributed by atoms with Gasteiger partial charge in [0.1, 0.15) is 0 Å². The van der Waals surface area contributed by atoms with Gasteiger partial charge in [0.2, 0.25) is 11.8 Å². The molecule has 0 aromatic heterocycles. The fourth-order valence-corrected chi connectivity index (χ4v) is 2.32. The molecule has 0 saturated carbocycles. The quantitative estimate of drug-likeness (QED) is 0.600. The number of anilines is 1. The molecule has 4 N–H and O–H groups in total. The number of carbonyl (C=O) groups excluding carboxylic acids is 3. The largest absolute Gasteiger partial charge is 0.345 e. The monoisotopic (exact) mass is 368 g/mol. The molecule has 2 rings (SSSR count). The Kier molecular flexibility index (Phi) is 7.37. The van der Waals surface area contributed by atoms with E-state index in [1.54, 1.807) is 6.07 Å². The molecule has 7 heteroatoms. The van der Waals surface area contributed by atoms with Crippen LogP contribution in [0.2, 0.25) is 0 Å². The molecule has 27 heavy (non-hydrogen) atoms. The first-order chi connectivity index (χ1) is 13.0. The summed E-state index contributed by atoms with van der Waals surface area (Å²) in [5.74, 6) is -0.772. The lowest BCUT2D eigenvalue weighted by Crippen LogP contribution is -2.43. The van der Waals surface area contributed by atoms with E-state index in [9.17, 15) is 14.4 Å². The zero-order valence-corrected chi connectivity index (χ0v) is 15.5. The molecule has 2 aromatic rings. The molecule has 0 aliphatic heterocycles. The third kappa shape index (κ3) is 6.81. The van der Waals surface area contributed by atoms with Crippen molar-refractivity contribution in [2.75, 3.05) is 18.4 Å². The Hall–Kier alpha value is -3.35. The minimum absolute atomic E-state index is 0.167. The molecule has 0 unspecified atom stereocenters. The molecule has 0 saturated heterocycles. The highest BCUT2D eigenvalue weighted by molar-refractivity contribution is 5.95. The predicted octanol–water partition coefficient (Wildman–Crippen LogP) is 1.86. The van der Waals surface area contributed by atoms with Crippen LogP contribution in [-0.2, 0) is 16.1 Å². The number of rotatable bonds is 7. The second-order valence-electron chi connectivity index (χ2n) is 6.09. The zero-order valence-electron chi connectivity index (χ0n) is 15.5. The third-order valence-corrected chi connectivity index (χ3v) is 4.03. The van der Waals surface area contributed by atoms with Crippen molar-refractivity contribution < 1.29 is 14.4 Å². The number of carbonyl (C=O) groups is 3. The summed E-state index contributed by atoms with van der Waals surface area (Å²) in [6, 6.07) is 14.6. The smallest absolute Gasteiger partial charge is 0.315 e. The summed E-state index contributed by atoms with van der Waals surface area (Å²) < 4.78 is 0. The van der Waals surface area contributed by atoms with Gasteiger partial charge in [0, 0.05) is 12.2 Å². The number of hydrogen-bond donors (Lipinski definition) is 4. The van der Waals surface area contributed by atoms with E-state index in [4.69, 9.17) is 0 Å². The molecule has 2 aromatic carbocycles. The molecule has 0 aliphatic rings. The number of amides is 4. The van der Waals surface area contributed by atoms with E-state index in [1.165, 1.54) is 0 Å². The van der Waals surface area contributed by atoms with Gasteiger partial charge in [0.15, 0.2) is 0 Å². The van der Waals surface area contributed by atoms with Gasteiger partial charge in [0.25, 0.3) is 0 Å². The number of urea groups is 1. The van der Waals surface area contributed by atoms with Crippen LogP contribution in [-0.4, -0.2) is 30.9 Å². The minimum atomic E-state index is -0.450. The van der Waals surface area contributed by atoms with Crippen LogP contribution >= 0.6 is 0 Å². The Morgan fingerprint density at radius 2 is 1.48 bits per heavy atom. The van der Waals surface area contributed by atoms with Crippen LogP contribution in [0, 0.1) is 13.8 Å². The highest BCUT2D eigenvalue weighted by Crippen LogP contribution is 2.17. The molecule has 0 atom stereocenters. The van der Waals surface area contributed by atoms with Crippen LogP contribution in [0.4, 0.5) is 10.5 Å². The Balaban J connectivity index is 1.66. The molecule has 0 bridgehead atoms. The summed E-state index contributed by atoms with van der Waals surface area (Å²) in [5, 5.41) is 10.3. The van der Waals surface area contributed by atoms with Crippen molar-refractivity contribution in [2.24, 2.45) is 0 Å². The van der Waals surface area contributed by atoms with Crippen LogP contribution in [0.15, 0.2) is 48.5 Å². The molecule has 0 heterocycles. The van der Waals surface area contributed by atoms with Gasteiger partial charge in [-0.3, -0.25) is 9.59 Å². The van der Waals surface area contributed by atoms with Crippen LogP contribution in [0.3, 0.4) is 0 Å². The summed E-state index contributed by atoms with van der Waals surface area (Å²) >= 11 is 0. The third-order valence-electron chi connectivity index (χ3n) is 4.03.